The van der Waals surface area contributed by atoms with E-state index in [9.17, 15) is 8.42 Å². The molecule has 2 N–H and O–H groups in total. The highest BCUT2D eigenvalue weighted by Gasteiger charge is 2.14. The lowest BCUT2D eigenvalue weighted by Crippen LogP contribution is -2.12. The number of ether oxygens (including phenoxy) is 2. The second kappa shape index (κ2) is 8.13. The number of hydrogen-bond acceptors (Lipinski definition) is 7. The predicted molar refractivity (Wildman–Crippen MR) is 107 cm³/mol. The fourth-order valence-electron chi connectivity index (χ4n) is 2.45. The maximum atomic E-state index is 12.5. The van der Waals surface area contributed by atoms with Crippen LogP contribution >= 0.6 is 0 Å². The molecular weight excluding hydrogens is 380 g/mol. The van der Waals surface area contributed by atoms with Gasteiger partial charge in [-0.15, -0.1) is 0 Å². The van der Waals surface area contributed by atoms with E-state index < -0.39 is 10.0 Å². The lowest BCUT2D eigenvalue weighted by Gasteiger charge is -2.11. The minimum Gasteiger partial charge on any atom is -0.497 e. The molecule has 0 fully saturated rings. The van der Waals surface area contributed by atoms with Crippen LogP contribution in [0, 0.1) is 6.92 Å². The molecule has 0 saturated carbocycles. The van der Waals surface area contributed by atoms with Crippen LogP contribution in [0.2, 0.25) is 0 Å². The topological polar surface area (TPSA) is 102 Å². The van der Waals surface area contributed by atoms with Crippen molar-refractivity contribution in [3.05, 3.63) is 60.4 Å². The molecule has 0 aliphatic carbocycles. The quantitative estimate of drug-likeness (QED) is 0.627. The first kappa shape index (κ1) is 19.4. The Hall–Kier alpha value is -3.33. The zero-order chi connectivity index (χ0) is 20.1. The molecule has 1 aromatic heterocycles. The highest BCUT2D eigenvalue weighted by atomic mass is 32.2. The third-order valence-electron chi connectivity index (χ3n) is 3.80. The van der Waals surface area contributed by atoms with E-state index in [0.29, 0.717) is 29.0 Å². The largest absolute Gasteiger partial charge is 0.497 e. The Labute approximate surface area is 163 Å². The summed E-state index contributed by atoms with van der Waals surface area (Å²) in [4.78, 5) is 8.57. The Morgan fingerprint density at radius 3 is 2.11 bits per heavy atom. The molecule has 0 aliphatic heterocycles. The molecule has 3 aromatic rings. The summed E-state index contributed by atoms with van der Waals surface area (Å²) in [5.74, 6) is 2.20. The molecule has 28 heavy (non-hydrogen) atoms. The molecule has 0 saturated heterocycles. The number of nitrogens with zero attached hydrogens (tertiary/aromatic N) is 2. The number of hydrogen-bond donors (Lipinski definition) is 2. The molecule has 2 aromatic carbocycles. The van der Waals surface area contributed by atoms with Gasteiger partial charge >= 0.3 is 0 Å². The molecule has 0 bridgehead atoms. The van der Waals surface area contributed by atoms with Gasteiger partial charge in [0.15, 0.2) is 0 Å². The Kier molecular flexibility index (Phi) is 5.65. The monoisotopic (exact) mass is 400 g/mol. The minimum atomic E-state index is -3.69. The van der Waals surface area contributed by atoms with Crippen molar-refractivity contribution in [1.82, 2.24) is 9.97 Å². The summed E-state index contributed by atoms with van der Waals surface area (Å²) < 4.78 is 37.7. The standard InChI is InChI=1S/C19H20N4O4S/c1-13-20-18(12-19(21-13)27-3)22-14-4-6-15(7-5-14)23-28(24,25)17-10-8-16(26-2)9-11-17/h4-12,23H,1-3H3,(H,20,21,22). The summed E-state index contributed by atoms with van der Waals surface area (Å²) in [6, 6.07) is 14.7. The van der Waals surface area contributed by atoms with Crippen molar-refractivity contribution >= 4 is 27.2 Å². The van der Waals surface area contributed by atoms with Crippen LogP contribution in [0.4, 0.5) is 17.2 Å². The minimum absolute atomic E-state index is 0.152. The molecule has 3 rings (SSSR count). The van der Waals surface area contributed by atoms with Crippen molar-refractivity contribution in [2.45, 2.75) is 11.8 Å². The van der Waals surface area contributed by atoms with E-state index in [-0.39, 0.29) is 4.90 Å². The second-order valence-corrected chi connectivity index (χ2v) is 7.51. The third kappa shape index (κ3) is 4.68. The van der Waals surface area contributed by atoms with E-state index in [2.05, 4.69) is 20.0 Å². The summed E-state index contributed by atoms with van der Waals surface area (Å²) in [5.41, 5.74) is 1.19. The van der Waals surface area contributed by atoms with Crippen LogP contribution in [0.25, 0.3) is 0 Å². The maximum Gasteiger partial charge on any atom is 0.261 e. The molecule has 0 atom stereocenters. The number of methoxy groups -OCH3 is 2. The average molecular weight is 400 g/mol. The Morgan fingerprint density at radius 1 is 0.857 bits per heavy atom. The Bertz CT molecular complexity index is 1050. The van der Waals surface area contributed by atoms with Crippen LogP contribution < -0.4 is 19.5 Å². The lowest BCUT2D eigenvalue weighted by atomic mass is 10.3. The van der Waals surface area contributed by atoms with Gasteiger partial charge in [0.1, 0.15) is 17.4 Å². The van der Waals surface area contributed by atoms with Gasteiger partial charge in [-0.2, -0.15) is 4.98 Å². The van der Waals surface area contributed by atoms with Crippen molar-refractivity contribution in [1.29, 1.82) is 0 Å². The van der Waals surface area contributed by atoms with E-state index in [1.165, 1.54) is 26.4 Å². The molecule has 0 amide bonds. The van der Waals surface area contributed by atoms with Gasteiger partial charge in [-0.25, -0.2) is 13.4 Å². The van der Waals surface area contributed by atoms with E-state index in [0.717, 1.165) is 5.69 Å². The fourth-order valence-corrected chi connectivity index (χ4v) is 3.51. The van der Waals surface area contributed by atoms with E-state index in [1.54, 1.807) is 49.4 Å². The molecular formula is C19H20N4O4S. The number of aryl methyl sites for hydroxylation is 1. The van der Waals surface area contributed by atoms with Crippen molar-refractivity contribution in [2.75, 3.05) is 24.3 Å². The number of rotatable bonds is 7. The first-order chi connectivity index (χ1) is 13.4. The lowest BCUT2D eigenvalue weighted by molar-refractivity contribution is 0.396. The van der Waals surface area contributed by atoms with E-state index in [1.807, 2.05) is 0 Å². The van der Waals surface area contributed by atoms with Gasteiger partial charge in [-0.1, -0.05) is 0 Å². The summed E-state index contributed by atoms with van der Waals surface area (Å²) >= 11 is 0. The van der Waals surface area contributed by atoms with Gasteiger partial charge in [0.25, 0.3) is 10.0 Å². The van der Waals surface area contributed by atoms with Crippen molar-refractivity contribution < 1.29 is 17.9 Å². The highest BCUT2D eigenvalue weighted by Crippen LogP contribution is 2.23. The molecule has 8 nitrogen and oxygen atoms in total. The molecule has 0 unspecified atom stereocenters. The molecule has 9 heteroatoms. The van der Waals surface area contributed by atoms with Crippen LogP contribution in [0.15, 0.2) is 59.5 Å². The van der Waals surface area contributed by atoms with Crippen molar-refractivity contribution in [3.8, 4) is 11.6 Å². The Balaban J connectivity index is 1.72. The van der Waals surface area contributed by atoms with Crippen LogP contribution in [0.1, 0.15) is 5.82 Å². The SMILES string of the molecule is COc1ccc(S(=O)(=O)Nc2ccc(Nc3cc(OC)nc(C)n3)cc2)cc1. The highest BCUT2D eigenvalue weighted by molar-refractivity contribution is 7.92. The summed E-state index contributed by atoms with van der Waals surface area (Å²) in [6.45, 7) is 1.77. The van der Waals surface area contributed by atoms with Gasteiger partial charge < -0.3 is 14.8 Å². The number of benzene rings is 2. The summed E-state index contributed by atoms with van der Waals surface area (Å²) in [5, 5.41) is 3.13. The van der Waals surface area contributed by atoms with Gasteiger partial charge in [0.05, 0.1) is 19.1 Å². The van der Waals surface area contributed by atoms with Gasteiger partial charge in [-0.3, -0.25) is 4.72 Å². The van der Waals surface area contributed by atoms with E-state index >= 15 is 0 Å². The summed E-state index contributed by atoms with van der Waals surface area (Å²) in [7, 11) is -0.627. The van der Waals surface area contributed by atoms with Crippen molar-refractivity contribution in [2.24, 2.45) is 0 Å². The van der Waals surface area contributed by atoms with Crippen LogP contribution in [0.5, 0.6) is 11.6 Å². The smallest absolute Gasteiger partial charge is 0.261 e. The van der Waals surface area contributed by atoms with Crippen LogP contribution in [-0.2, 0) is 10.0 Å². The molecule has 1 heterocycles. The zero-order valence-corrected chi connectivity index (χ0v) is 16.4. The van der Waals surface area contributed by atoms with Gasteiger partial charge in [0.2, 0.25) is 5.88 Å². The molecule has 146 valence electrons. The second-order valence-electron chi connectivity index (χ2n) is 5.83. The summed E-state index contributed by atoms with van der Waals surface area (Å²) in [6.07, 6.45) is 0. The van der Waals surface area contributed by atoms with E-state index in [4.69, 9.17) is 9.47 Å². The first-order valence-corrected chi connectivity index (χ1v) is 9.81. The van der Waals surface area contributed by atoms with Crippen LogP contribution in [-0.4, -0.2) is 32.6 Å². The normalized spacial score (nSPS) is 11.0. The fraction of sp³-hybridized carbons (Fsp3) is 0.158. The predicted octanol–water partition coefficient (Wildman–Crippen LogP) is 3.35. The number of aromatic nitrogens is 2. The van der Waals surface area contributed by atoms with Gasteiger partial charge in [0, 0.05) is 17.4 Å². The maximum absolute atomic E-state index is 12.5. The zero-order valence-electron chi connectivity index (χ0n) is 15.6. The number of nitrogens with one attached hydrogen (secondary N) is 2. The molecule has 0 spiro atoms. The number of anilines is 3. The number of sulfonamides is 1. The van der Waals surface area contributed by atoms with Crippen LogP contribution in [0.3, 0.4) is 0 Å². The van der Waals surface area contributed by atoms with Gasteiger partial charge in [-0.05, 0) is 55.5 Å². The molecule has 0 aliphatic rings. The Morgan fingerprint density at radius 2 is 1.50 bits per heavy atom. The first-order valence-electron chi connectivity index (χ1n) is 8.33. The third-order valence-corrected chi connectivity index (χ3v) is 5.20. The average Bonchev–Trinajstić information content (AvgIpc) is 2.69. The molecule has 0 radical (unpaired) electrons. The van der Waals surface area contributed by atoms with Crippen molar-refractivity contribution in [3.63, 3.8) is 0 Å².